The van der Waals surface area contributed by atoms with Crippen molar-refractivity contribution in [3.8, 4) is 0 Å². The molecule has 1 N–H and O–H groups in total. The number of fused-ring (bicyclic) bond motifs is 1. The standard InChI is InChI=1S/C23H24FNO3/c1-15-7-8-19(20(24)11-15)21(26)25-13-18-12-17(16-5-3-2-4-6-16)9-10-23(18,14-25)22(27)28/h2-8,11,17-18H,9-10,12-14H2,1H3,(H,27,28)/t17-,18-,23-/m0/s1. The molecule has 146 valence electrons. The summed E-state index contributed by atoms with van der Waals surface area (Å²) in [5.41, 5.74) is 1.05. The predicted molar refractivity (Wildman–Crippen MR) is 104 cm³/mol. The Bertz CT molecular complexity index is 913. The summed E-state index contributed by atoms with van der Waals surface area (Å²) in [5.74, 6) is -1.63. The average Bonchev–Trinajstić information content (AvgIpc) is 3.08. The predicted octanol–water partition coefficient (Wildman–Crippen LogP) is 4.24. The Labute approximate surface area is 164 Å². The summed E-state index contributed by atoms with van der Waals surface area (Å²) in [6.45, 7) is 2.29. The number of benzene rings is 2. The number of halogens is 1. The number of carboxylic acids is 1. The number of aliphatic carboxylic acids is 1. The molecule has 0 spiro atoms. The third-order valence-electron chi connectivity index (χ3n) is 6.54. The summed E-state index contributed by atoms with van der Waals surface area (Å²) in [6, 6.07) is 14.7. The highest BCUT2D eigenvalue weighted by Crippen LogP contribution is 2.51. The third-order valence-corrected chi connectivity index (χ3v) is 6.54. The van der Waals surface area contributed by atoms with Gasteiger partial charge >= 0.3 is 5.97 Å². The van der Waals surface area contributed by atoms with Crippen molar-refractivity contribution < 1.29 is 19.1 Å². The van der Waals surface area contributed by atoms with Crippen LogP contribution >= 0.6 is 0 Å². The van der Waals surface area contributed by atoms with Crippen LogP contribution in [0, 0.1) is 24.1 Å². The van der Waals surface area contributed by atoms with E-state index in [1.807, 2.05) is 18.2 Å². The van der Waals surface area contributed by atoms with Gasteiger partial charge in [0.1, 0.15) is 5.82 Å². The fourth-order valence-electron chi connectivity index (χ4n) is 4.95. The van der Waals surface area contributed by atoms with E-state index in [1.165, 1.54) is 17.7 Å². The molecular formula is C23H24FNO3. The van der Waals surface area contributed by atoms with Crippen molar-refractivity contribution >= 4 is 11.9 Å². The van der Waals surface area contributed by atoms with E-state index < -0.39 is 23.1 Å². The van der Waals surface area contributed by atoms with Crippen LogP contribution in [0.2, 0.25) is 0 Å². The number of nitrogens with zero attached hydrogens (tertiary/aromatic N) is 1. The number of hydrogen-bond donors (Lipinski definition) is 1. The largest absolute Gasteiger partial charge is 0.481 e. The number of aryl methyl sites for hydroxylation is 1. The van der Waals surface area contributed by atoms with Gasteiger partial charge in [-0.3, -0.25) is 9.59 Å². The summed E-state index contributed by atoms with van der Waals surface area (Å²) >= 11 is 0. The van der Waals surface area contributed by atoms with Crippen molar-refractivity contribution in [1.29, 1.82) is 0 Å². The first kappa shape index (κ1) is 18.7. The molecule has 3 atom stereocenters. The van der Waals surface area contributed by atoms with E-state index in [9.17, 15) is 19.1 Å². The van der Waals surface area contributed by atoms with Crippen LogP contribution in [-0.2, 0) is 4.79 Å². The molecule has 1 amide bonds. The van der Waals surface area contributed by atoms with Crippen LogP contribution in [0.1, 0.15) is 46.7 Å². The lowest BCUT2D eigenvalue weighted by molar-refractivity contribution is -0.152. The summed E-state index contributed by atoms with van der Waals surface area (Å²) in [5, 5.41) is 10.0. The van der Waals surface area contributed by atoms with Gasteiger partial charge in [0.15, 0.2) is 0 Å². The Morgan fingerprint density at radius 3 is 2.61 bits per heavy atom. The minimum atomic E-state index is -0.928. The maximum atomic E-state index is 14.3. The van der Waals surface area contributed by atoms with Crippen molar-refractivity contribution in [3.05, 3.63) is 71.0 Å². The lowest BCUT2D eigenvalue weighted by Gasteiger charge is -2.38. The zero-order valence-electron chi connectivity index (χ0n) is 15.9. The second-order valence-corrected chi connectivity index (χ2v) is 8.21. The van der Waals surface area contributed by atoms with Gasteiger partial charge in [-0.2, -0.15) is 0 Å². The van der Waals surface area contributed by atoms with E-state index in [0.717, 1.165) is 18.4 Å². The molecule has 28 heavy (non-hydrogen) atoms. The highest BCUT2D eigenvalue weighted by molar-refractivity contribution is 5.95. The summed E-state index contributed by atoms with van der Waals surface area (Å²) < 4.78 is 14.3. The van der Waals surface area contributed by atoms with Gasteiger partial charge in [0.05, 0.1) is 11.0 Å². The molecule has 4 rings (SSSR count). The lowest BCUT2D eigenvalue weighted by Crippen LogP contribution is -2.43. The maximum Gasteiger partial charge on any atom is 0.311 e. The van der Waals surface area contributed by atoms with Gasteiger partial charge in [0.2, 0.25) is 0 Å². The molecule has 5 heteroatoms. The normalized spacial score (nSPS) is 26.7. The topological polar surface area (TPSA) is 57.6 Å². The van der Waals surface area contributed by atoms with E-state index in [4.69, 9.17) is 0 Å². The van der Waals surface area contributed by atoms with Crippen LogP contribution in [0.4, 0.5) is 4.39 Å². The summed E-state index contributed by atoms with van der Waals surface area (Å²) in [6.07, 6.45) is 2.05. The Morgan fingerprint density at radius 1 is 1.18 bits per heavy atom. The Kier molecular flexibility index (Phi) is 4.69. The highest BCUT2D eigenvalue weighted by atomic mass is 19.1. The lowest BCUT2D eigenvalue weighted by atomic mass is 9.64. The number of rotatable bonds is 3. The quantitative estimate of drug-likeness (QED) is 0.865. The second kappa shape index (κ2) is 7.04. The van der Waals surface area contributed by atoms with Gasteiger partial charge in [0, 0.05) is 13.1 Å². The smallest absolute Gasteiger partial charge is 0.311 e. The molecular weight excluding hydrogens is 357 g/mol. The molecule has 2 aliphatic rings. The Balaban J connectivity index is 1.59. The van der Waals surface area contributed by atoms with E-state index in [-0.39, 0.29) is 18.0 Å². The molecule has 1 heterocycles. The molecule has 1 saturated carbocycles. The van der Waals surface area contributed by atoms with Crippen molar-refractivity contribution in [1.82, 2.24) is 4.90 Å². The second-order valence-electron chi connectivity index (χ2n) is 8.21. The zero-order chi connectivity index (χ0) is 19.9. The van der Waals surface area contributed by atoms with Gasteiger partial charge < -0.3 is 10.0 Å². The number of likely N-dealkylation sites (tertiary alicyclic amines) is 1. The van der Waals surface area contributed by atoms with Gasteiger partial charge in [-0.1, -0.05) is 36.4 Å². The SMILES string of the molecule is Cc1ccc(C(=O)N2C[C@@H]3C[C@@H](c4ccccc4)CC[C@]3(C(=O)O)C2)c(F)c1. The fourth-order valence-corrected chi connectivity index (χ4v) is 4.95. The molecule has 0 radical (unpaired) electrons. The first-order chi connectivity index (χ1) is 13.4. The average molecular weight is 381 g/mol. The number of amides is 1. The summed E-state index contributed by atoms with van der Waals surface area (Å²) in [4.78, 5) is 26.7. The molecule has 1 saturated heterocycles. The van der Waals surface area contributed by atoms with Crippen LogP contribution in [0.25, 0.3) is 0 Å². The third kappa shape index (κ3) is 3.09. The van der Waals surface area contributed by atoms with Gasteiger partial charge in [-0.05, 0) is 61.3 Å². The minimum Gasteiger partial charge on any atom is -0.481 e. The van der Waals surface area contributed by atoms with Crippen molar-refractivity contribution in [2.45, 2.75) is 32.1 Å². The van der Waals surface area contributed by atoms with E-state index in [1.54, 1.807) is 17.9 Å². The molecule has 1 aliphatic heterocycles. The molecule has 4 nitrogen and oxygen atoms in total. The first-order valence-corrected chi connectivity index (χ1v) is 9.74. The molecule has 2 aromatic carbocycles. The van der Waals surface area contributed by atoms with Crippen LogP contribution in [0.3, 0.4) is 0 Å². The van der Waals surface area contributed by atoms with Crippen LogP contribution in [0.5, 0.6) is 0 Å². The summed E-state index contributed by atoms with van der Waals surface area (Å²) in [7, 11) is 0. The van der Waals surface area contributed by atoms with Crippen LogP contribution < -0.4 is 0 Å². The Hall–Kier alpha value is -2.69. The van der Waals surface area contributed by atoms with Crippen LogP contribution in [0.15, 0.2) is 48.5 Å². The van der Waals surface area contributed by atoms with E-state index in [2.05, 4.69) is 12.1 Å². The fraction of sp³-hybridized carbons (Fsp3) is 0.391. The molecule has 1 aliphatic carbocycles. The van der Waals surface area contributed by atoms with Crippen molar-refractivity contribution in [2.75, 3.05) is 13.1 Å². The van der Waals surface area contributed by atoms with Gasteiger partial charge in [-0.25, -0.2) is 4.39 Å². The zero-order valence-corrected chi connectivity index (χ0v) is 15.9. The van der Waals surface area contributed by atoms with Crippen LogP contribution in [-0.4, -0.2) is 35.0 Å². The van der Waals surface area contributed by atoms with E-state index >= 15 is 0 Å². The minimum absolute atomic E-state index is 0.0180. The number of carboxylic acid groups (broad SMARTS) is 1. The van der Waals surface area contributed by atoms with Gasteiger partial charge in [0.25, 0.3) is 5.91 Å². The number of carbonyl (C=O) groups is 2. The first-order valence-electron chi connectivity index (χ1n) is 9.74. The number of hydrogen-bond acceptors (Lipinski definition) is 2. The van der Waals surface area contributed by atoms with Gasteiger partial charge in [-0.15, -0.1) is 0 Å². The maximum absolute atomic E-state index is 14.3. The van der Waals surface area contributed by atoms with Crippen molar-refractivity contribution in [2.24, 2.45) is 11.3 Å². The molecule has 0 aromatic heterocycles. The highest BCUT2D eigenvalue weighted by Gasteiger charge is 2.56. The molecule has 2 fully saturated rings. The van der Waals surface area contributed by atoms with Crippen molar-refractivity contribution in [3.63, 3.8) is 0 Å². The molecule has 0 unspecified atom stereocenters. The molecule has 2 aromatic rings. The molecule has 0 bridgehead atoms. The Morgan fingerprint density at radius 2 is 1.93 bits per heavy atom. The van der Waals surface area contributed by atoms with E-state index in [0.29, 0.717) is 18.9 Å². The number of carbonyl (C=O) groups excluding carboxylic acids is 1. The monoisotopic (exact) mass is 381 g/mol.